The average Bonchev–Trinajstić information content (AvgIpc) is 3.45. The highest BCUT2D eigenvalue weighted by Crippen LogP contribution is 2.35. The molecule has 2 aliphatic heterocycles. The van der Waals surface area contributed by atoms with Crippen LogP contribution in [0.4, 0.5) is 11.5 Å². The molecule has 5 heterocycles. The molecular formula is C33H39ClN8O. The Kier molecular flexibility index (Phi) is 8.90. The highest BCUT2D eigenvalue weighted by molar-refractivity contribution is 5.88. The molecule has 0 unspecified atom stereocenters. The molecule has 0 radical (unpaired) electrons. The highest BCUT2D eigenvalue weighted by Gasteiger charge is 2.37. The number of piperazine rings is 1. The lowest BCUT2D eigenvalue weighted by Gasteiger charge is -2.39. The molecule has 0 saturated carbocycles. The molecule has 1 amide bonds. The van der Waals surface area contributed by atoms with Gasteiger partial charge in [-0.05, 0) is 62.6 Å². The molecule has 9 nitrogen and oxygen atoms in total. The maximum atomic E-state index is 12.8. The third-order valence-electron chi connectivity index (χ3n) is 8.63. The Hall–Kier alpha value is -4.13. The third kappa shape index (κ3) is 6.17. The zero-order valence-electron chi connectivity index (χ0n) is 25.0. The number of amides is 1. The van der Waals surface area contributed by atoms with Crippen molar-refractivity contribution < 1.29 is 4.79 Å². The molecule has 1 aromatic carbocycles. The molecule has 10 heteroatoms. The largest absolute Gasteiger partial charge is 0.369 e. The van der Waals surface area contributed by atoms with Crippen LogP contribution in [0.15, 0.2) is 61.1 Å². The van der Waals surface area contributed by atoms with E-state index < -0.39 is 0 Å². The van der Waals surface area contributed by atoms with Gasteiger partial charge < -0.3 is 20.4 Å². The second kappa shape index (κ2) is 12.6. The van der Waals surface area contributed by atoms with Crippen molar-refractivity contribution in [3.05, 3.63) is 66.6 Å². The van der Waals surface area contributed by atoms with E-state index in [2.05, 4.69) is 74.9 Å². The van der Waals surface area contributed by atoms with E-state index >= 15 is 0 Å². The molecule has 2 saturated heterocycles. The van der Waals surface area contributed by atoms with Gasteiger partial charge in [-0.1, -0.05) is 19.1 Å². The van der Waals surface area contributed by atoms with Crippen molar-refractivity contribution in [3.63, 3.8) is 0 Å². The predicted molar refractivity (Wildman–Crippen MR) is 174 cm³/mol. The number of halogens is 1. The SMILES string of the molecule is CC(C)NC(=O)C1(C)CCN(c2ccc(-c3cc(-c4ccc(N5CCNCC5)cc4)cn4ncc(C#N)c34)cn2)CC1.Cl. The minimum absolute atomic E-state index is 0. The minimum atomic E-state index is -0.356. The number of nitrogens with one attached hydrogen (secondary N) is 2. The van der Waals surface area contributed by atoms with Crippen LogP contribution in [0.3, 0.4) is 0 Å². The average molecular weight is 599 g/mol. The molecule has 2 N–H and O–H groups in total. The predicted octanol–water partition coefficient (Wildman–Crippen LogP) is 4.90. The molecular weight excluding hydrogens is 560 g/mol. The first-order valence-corrected chi connectivity index (χ1v) is 14.8. The van der Waals surface area contributed by atoms with Crippen LogP contribution in [-0.4, -0.2) is 65.8 Å². The van der Waals surface area contributed by atoms with Gasteiger partial charge in [-0.15, -0.1) is 12.4 Å². The lowest BCUT2D eigenvalue weighted by atomic mass is 9.79. The van der Waals surface area contributed by atoms with Gasteiger partial charge in [0.1, 0.15) is 11.9 Å². The van der Waals surface area contributed by atoms with Crippen LogP contribution in [0, 0.1) is 16.7 Å². The molecule has 0 aliphatic carbocycles. The summed E-state index contributed by atoms with van der Waals surface area (Å²) >= 11 is 0. The molecule has 2 fully saturated rings. The number of carbonyl (C=O) groups excluding carboxylic acids is 1. The molecule has 0 atom stereocenters. The third-order valence-corrected chi connectivity index (χ3v) is 8.63. The Morgan fingerprint density at radius 1 is 0.977 bits per heavy atom. The minimum Gasteiger partial charge on any atom is -0.369 e. The van der Waals surface area contributed by atoms with Crippen LogP contribution in [0.25, 0.3) is 27.8 Å². The topological polar surface area (TPSA) is 102 Å². The summed E-state index contributed by atoms with van der Waals surface area (Å²) in [4.78, 5) is 22.2. The number of nitriles is 1. The van der Waals surface area contributed by atoms with E-state index in [9.17, 15) is 10.1 Å². The first kappa shape index (κ1) is 30.3. The second-order valence-corrected chi connectivity index (χ2v) is 12.0. The molecule has 0 spiro atoms. The number of carbonyl (C=O) groups is 1. The van der Waals surface area contributed by atoms with Crippen molar-refractivity contribution >= 4 is 35.3 Å². The fourth-order valence-electron chi connectivity index (χ4n) is 5.99. The summed E-state index contributed by atoms with van der Waals surface area (Å²) < 4.78 is 1.80. The summed E-state index contributed by atoms with van der Waals surface area (Å²) in [7, 11) is 0. The Bertz CT molecular complexity index is 1610. The van der Waals surface area contributed by atoms with Crippen molar-refractivity contribution in [3.8, 4) is 28.3 Å². The lowest BCUT2D eigenvalue weighted by molar-refractivity contribution is -0.131. The number of pyridine rings is 2. The van der Waals surface area contributed by atoms with E-state index in [1.807, 2.05) is 32.3 Å². The standard InChI is InChI=1S/C33H38N8O.ClH/c1-23(2)38-32(42)33(3)10-14-40(15-11-33)30-9-6-25(20-36-30)29-18-26(22-41-31(29)27(19-34)21-37-41)24-4-7-28(8-5-24)39-16-12-35-13-17-39;/h4-9,18,20-23,35H,10-17H2,1-3H3,(H,38,42);1H. The molecule has 2 aliphatic rings. The summed E-state index contributed by atoms with van der Waals surface area (Å²) in [5.74, 6) is 1.03. The van der Waals surface area contributed by atoms with Gasteiger partial charge in [-0.3, -0.25) is 4.79 Å². The van der Waals surface area contributed by atoms with E-state index in [1.165, 1.54) is 5.69 Å². The van der Waals surface area contributed by atoms with Crippen LogP contribution >= 0.6 is 12.4 Å². The number of aromatic nitrogens is 3. The van der Waals surface area contributed by atoms with Gasteiger partial charge in [0.25, 0.3) is 0 Å². The van der Waals surface area contributed by atoms with E-state index in [0.29, 0.717) is 5.56 Å². The van der Waals surface area contributed by atoms with Crippen LogP contribution in [-0.2, 0) is 4.79 Å². The smallest absolute Gasteiger partial charge is 0.226 e. The Labute approximate surface area is 259 Å². The quantitative estimate of drug-likeness (QED) is 0.326. The molecule has 43 heavy (non-hydrogen) atoms. The second-order valence-electron chi connectivity index (χ2n) is 12.0. The number of hydrogen-bond donors (Lipinski definition) is 2. The van der Waals surface area contributed by atoms with Gasteiger partial charge in [0, 0.05) is 85.5 Å². The van der Waals surface area contributed by atoms with Crippen molar-refractivity contribution in [2.45, 2.75) is 39.7 Å². The maximum absolute atomic E-state index is 12.8. The van der Waals surface area contributed by atoms with Crippen LogP contribution in [0.1, 0.15) is 39.2 Å². The summed E-state index contributed by atoms with van der Waals surface area (Å²) in [5.41, 5.74) is 6.14. The van der Waals surface area contributed by atoms with Crippen molar-refractivity contribution in [2.75, 3.05) is 49.1 Å². The summed E-state index contributed by atoms with van der Waals surface area (Å²) in [6.45, 7) is 11.6. The Morgan fingerprint density at radius 2 is 1.67 bits per heavy atom. The monoisotopic (exact) mass is 598 g/mol. The zero-order valence-corrected chi connectivity index (χ0v) is 25.8. The summed E-state index contributed by atoms with van der Waals surface area (Å²) in [6, 6.07) is 17.4. The van der Waals surface area contributed by atoms with Crippen molar-refractivity contribution in [2.24, 2.45) is 5.41 Å². The number of nitrogens with zero attached hydrogens (tertiary/aromatic N) is 6. The van der Waals surface area contributed by atoms with Crippen molar-refractivity contribution in [1.29, 1.82) is 5.26 Å². The molecule has 3 aromatic heterocycles. The number of hydrogen-bond acceptors (Lipinski definition) is 7. The molecule has 4 aromatic rings. The van der Waals surface area contributed by atoms with E-state index in [-0.39, 0.29) is 29.8 Å². The Balaban J connectivity index is 0.00000368. The normalized spacial score (nSPS) is 16.5. The van der Waals surface area contributed by atoms with Crippen LogP contribution in [0.2, 0.25) is 0 Å². The number of anilines is 2. The van der Waals surface area contributed by atoms with E-state index in [4.69, 9.17) is 4.98 Å². The van der Waals surface area contributed by atoms with Gasteiger partial charge in [-0.25, -0.2) is 9.50 Å². The van der Waals surface area contributed by atoms with Gasteiger partial charge >= 0.3 is 0 Å². The van der Waals surface area contributed by atoms with Crippen LogP contribution < -0.4 is 20.4 Å². The fourth-order valence-corrected chi connectivity index (χ4v) is 5.99. The summed E-state index contributed by atoms with van der Waals surface area (Å²) in [5, 5.41) is 20.8. The van der Waals surface area contributed by atoms with Crippen molar-refractivity contribution in [1.82, 2.24) is 25.2 Å². The molecule has 224 valence electrons. The van der Waals surface area contributed by atoms with Gasteiger partial charge in [0.2, 0.25) is 5.91 Å². The van der Waals surface area contributed by atoms with Gasteiger partial charge in [0.15, 0.2) is 0 Å². The highest BCUT2D eigenvalue weighted by atomic mass is 35.5. The van der Waals surface area contributed by atoms with E-state index in [1.54, 1.807) is 10.7 Å². The number of rotatable bonds is 6. The number of benzene rings is 1. The van der Waals surface area contributed by atoms with Gasteiger partial charge in [0.05, 0.1) is 17.3 Å². The maximum Gasteiger partial charge on any atom is 0.226 e. The molecule has 6 rings (SSSR count). The fraction of sp³-hybridized carbons (Fsp3) is 0.394. The van der Waals surface area contributed by atoms with Gasteiger partial charge in [-0.2, -0.15) is 10.4 Å². The van der Waals surface area contributed by atoms with E-state index in [0.717, 1.165) is 85.7 Å². The number of fused-ring (bicyclic) bond motifs is 1. The van der Waals surface area contributed by atoms with Crippen LogP contribution in [0.5, 0.6) is 0 Å². The first-order chi connectivity index (χ1) is 20.3. The lowest BCUT2D eigenvalue weighted by Crippen LogP contribution is -2.49. The summed E-state index contributed by atoms with van der Waals surface area (Å²) in [6.07, 6.45) is 7.06. The Morgan fingerprint density at radius 3 is 2.30 bits per heavy atom. The number of piperidine rings is 1. The first-order valence-electron chi connectivity index (χ1n) is 14.8. The molecule has 0 bridgehead atoms. The zero-order chi connectivity index (χ0) is 29.3.